The molecule has 1 heterocycles. The number of nitrogens with zero attached hydrogens (tertiary/aromatic N) is 3. The minimum absolute atomic E-state index is 0.199. The SMILES string of the molecule is [C-]#[N+]c1ccc(-c2ccc(S(=O)(=O)N(C)c3cccc(C)n3)cc2)cc1. The molecule has 0 radical (unpaired) electrons. The maximum absolute atomic E-state index is 12.8. The average molecular weight is 363 g/mol. The molecule has 3 aromatic rings. The number of pyridine rings is 1. The Hall–Kier alpha value is -3.17. The smallest absolute Gasteiger partial charge is 0.253 e. The van der Waals surface area contributed by atoms with Gasteiger partial charge in [0, 0.05) is 12.7 Å². The molecule has 0 aliphatic carbocycles. The molecule has 0 amide bonds. The highest BCUT2D eigenvalue weighted by Gasteiger charge is 2.22. The molecule has 5 nitrogen and oxygen atoms in total. The van der Waals surface area contributed by atoms with Crippen molar-refractivity contribution in [2.24, 2.45) is 0 Å². The van der Waals surface area contributed by atoms with E-state index in [2.05, 4.69) is 9.83 Å². The molecular formula is C20H17N3O2S. The summed E-state index contributed by atoms with van der Waals surface area (Å²) in [5, 5.41) is 0. The van der Waals surface area contributed by atoms with E-state index in [1.54, 1.807) is 48.5 Å². The van der Waals surface area contributed by atoms with Gasteiger partial charge in [0.15, 0.2) is 5.69 Å². The second-order valence-corrected chi connectivity index (χ2v) is 7.76. The van der Waals surface area contributed by atoms with Crippen LogP contribution in [0.2, 0.25) is 0 Å². The second-order valence-electron chi connectivity index (χ2n) is 5.79. The summed E-state index contributed by atoms with van der Waals surface area (Å²) in [7, 11) is -2.19. The summed E-state index contributed by atoms with van der Waals surface area (Å²) in [6, 6.07) is 19.1. The molecule has 130 valence electrons. The van der Waals surface area contributed by atoms with Gasteiger partial charge in [-0.15, -0.1) is 0 Å². The molecule has 0 N–H and O–H groups in total. The molecular weight excluding hydrogens is 346 g/mol. The highest BCUT2D eigenvalue weighted by Crippen LogP contribution is 2.26. The van der Waals surface area contributed by atoms with E-state index in [1.807, 2.05) is 25.1 Å². The molecule has 0 saturated heterocycles. The van der Waals surface area contributed by atoms with Crippen LogP contribution in [0.25, 0.3) is 16.0 Å². The molecule has 0 atom stereocenters. The molecule has 2 aromatic carbocycles. The van der Waals surface area contributed by atoms with E-state index < -0.39 is 10.0 Å². The minimum atomic E-state index is -3.69. The van der Waals surface area contributed by atoms with Gasteiger partial charge in [0.25, 0.3) is 10.0 Å². The maximum atomic E-state index is 12.8. The van der Waals surface area contributed by atoms with Gasteiger partial charge in [-0.1, -0.05) is 42.5 Å². The van der Waals surface area contributed by atoms with Gasteiger partial charge in [-0.3, -0.25) is 4.31 Å². The van der Waals surface area contributed by atoms with Crippen molar-refractivity contribution in [2.75, 3.05) is 11.4 Å². The van der Waals surface area contributed by atoms with Gasteiger partial charge in [0.05, 0.1) is 11.5 Å². The van der Waals surface area contributed by atoms with E-state index >= 15 is 0 Å². The Morgan fingerprint density at radius 1 is 0.923 bits per heavy atom. The molecule has 0 saturated carbocycles. The number of hydrogen-bond donors (Lipinski definition) is 0. The van der Waals surface area contributed by atoms with Crippen molar-refractivity contribution in [3.8, 4) is 11.1 Å². The predicted molar refractivity (Wildman–Crippen MR) is 103 cm³/mol. The maximum Gasteiger partial charge on any atom is 0.265 e. The molecule has 0 aliphatic rings. The van der Waals surface area contributed by atoms with E-state index in [4.69, 9.17) is 6.57 Å². The number of aromatic nitrogens is 1. The van der Waals surface area contributed by atoms with Crippen LogP contribution in [0.15, 0.2) is 71.6 Å². The number of benzene rings is 2. The van der Waals surface area contributed by atoms with Gasteiger partial charge in [-0.05, 0) is 42.3 Å². The molecule has 0 unspecified atom stereocenters. The third-order valence-corrected chi connectivity index (χ3v) is 5.81. The van der Waals surface area contributed by atoms with Crippen LogP contribution in [0.1, 0.15) is 5.69 Å². The second kappa shape index (κ2) is 6.98. The molecule has 3 rings (SSSR count). The first-order chi connectivity index (χ1) is 12.4. The van der Waals surface area contributed by atoms with E-state index in [-0.39, 0.29) is 4.90 Å². The summed E-state index contributed by atoms with van der Waals surface area (Å²) in [4.78, 5) is 7.83. The molecule has 26 heavy (non-hydrogen) atoms. The third-order valence-electron chi connectivity index (χ3n) is 4.04. The molecule has 0 spiro atoms. The fourth-order valence-electron chi connectivity index (χ4n) is 2.53. The lowest BCUT2D eigenvalue weighted by Crippen LogP contribution is -2.27. The highest BCUT2D eigenvalue weighted by atomic mass is 32.2. The Labute approximate surface area is 153 Å². The molecule has 0 bridgehead atoms. The van der Waals surface area contributed by atoms with Crippen molar-refractivity contribution in [3.05, 3.63) is 83.8 Å². The lowest BCUT2D eigenvalue weighted by molar-refractivity contribution is 0.594. The predicted octanol–water partition coefficient (Wildman–Crippen LogP) is 4.43. The Morgan fingerprint density at radius 2 is 1.50 bits per heavy atom. The summed E-state index contributed by atoms with van der Waals surface area (Å²) in [6.07, 6.45) is 0. The molecule has 0 fully saturated rings. The van der Waals surface area contributed by atoms with Crippen molar-refractivity contribution in [3.63, 3.8) is 0 Å². The first-order valence-electron chi connectivity index (χ1n) is 7.92. The van der Waals surface area contributed by atoms with Crippen LogP contribution in [0.5, 0.6) is 0 Å². The summed E-state index contributed by atoms with van der Waals surface area (Å²) < 4.78 is 26.8. The van der Waals surface area contributed by atoms with Crippen LogP contribution in [0.3, 0.4) is 0 Å². The number of aryl methyl sites for hydroxylation is 1. The lowest BCUT2D eigenvalue weighted by atomic mass is 10.1. The fraction of sp³-hybridized carbons (Fsp3) is 0.100. The summed E-state index contributed by atoms with van der Waals surface area (Å²) in [5.74, 6) is 0.379. The number of hydrogen-bond acceptors (Lipinski definition) is 3. The molecule has 1 aromatic heterocycles. The number of anilines is 1. The van der Waals surface area contributed by atoms with Crippen molar-refractivity contribution in [2.45, 2.75) is 11.8 Å². The minimum Gasteiger partial charge on any atom is -0.253 e. The van der Waals surface area contributed by atoms with E-state index in [0.29, 0.717) is 11.5 Å². The monoisotopic (exact) mass is 363 g/mol. The van der Waals surface area contributed by atoms with Crippen molar-refractivity contribution in [1.29, 1.82) is 0 Å². The third kappa shape index (κ3) is 3.44. The van der Waals surface area contributed by atoms with Crippen molar-refractivity contribution < 1.29 is 8.42 Å². The van der Waals surface area contributed by atoms with E-state index in [9.17, 15) is 8.42 Å². The van der Waals surface area contributed by atoms with E-state index in [1.165, 1.54) is 11.4 Å². The number of sulfonamides is 1. The van der Waals surface area contributed by atoms with Gasteiger partial charge in [-0.25, -0.2) is 18.2 Å². The van der Waals surface area contributed by atoms with Gasteiger partial charge in [0.2, 0.25) is 0 Å². The Bertz CT molecular complexity index is 1070. The van der Waals surface area contributed by atoms with Crippen LogP contribution >= 0.6 is 0 Å². The molecule has 0 aliphatic heterocycles. The van der Waals surface area contributed by atoms with Gasteiger partial charge < -0.3 is 0 Å². The first kappa shape index (κ1) is 17.6. The quantitative estimate of drug-likeness (QED) is 0.644. The van der Waals surface area contributed by atoms with Gasteiger partial charge >= 0.3 is 0 Å². The summed E-state index contributed by atoms with van der Waals surface area (Å²) in [6.45, 7) is 8.81. The zero-order valence-electron chi connectivity index (χ0n) is 14.4. The Morgan fingerprint density at radius 3 is 2.04 bits per heavy atom. The standard InChI is InChI=1S/C20H17N3O2S/c1-15-5-4-6-20(22-15)23(3)26(24,25)19-13-9-17(10-14-19)16-7-11-18(21-2)12-8-16/h4-14H,1,3H3. The Balaban J connectivity index is 1.90. The van der Waals surface area contributed by atoms with Crippen LogP contribution in [-0.2, 0) is 10.0 Å². The molecule has 6 heteroatoms. The first-order valence-corrected chi connectivity index (χ1v) is 9.36. The average Bonchev–Trinajstić information content (AvgIpc) is 2.67. The van der Waals surface area contributed by atoms with E-state index in [0.717, 1.165) is 16.8 Å². The van der Waals surface area contributed by atoms with Crippen LogP contribution in [0, 0.1) is 13.5 Å². The van der Waals surface area contributed by atoms with Gasteiger partial charge in [0.1, 0.15) is 5.82 Å². The fourth-order valence-corrected chi connectivity index (χ4v) is 3.68. The van der Waals surface area contributed by atoms with Crippen molar-refractivity contribution in [1.82, 2.24) is 4.98 Å². The zero-order valence-corrected chi connectivity index (χ0v) is 15.2. The van der Waals surface area contributed by atoms with Crippen molar-refractivity contribution >= 4 is 21.5 Å². The van der Waals surface area contributed by atoms with Crippen LogP contribution in [0.4, 0.5) is 11.5 Å². The summed E-state index contributed by atoms with van der Waals surface area (Å²) in [5.41, 5.74) is 3.13. The van der Waals surface area contributed by atoms with Gasteiger partial charge in [-0.2, -0.15) is 0 Å². The normalized spacial score (nSPS) is 11.0. The van der Waals surface area contributed by atoms with Crippen LogP contribution < -0.4 is 4.31 Å². The number of rotatable bonds is 4. The summed E-state index contributed by atoms with van der Waals surface area (Å²) >= 11 is 0. The lowest BCUT2D eigenvalue weighted by Gasteiger charge is -2.19. The largest absolute Gasteiger partial charge is 0.265 e. The highest BCUT2D eigenvalue weighted by molar-refractivity contribution is 7.92. The van der Waals surface area contributed by atoms with Crippen LogP contribution in [-0.4, -0.2) is 20.4 Å². The Kier molecular flexibility index (Phi) is 4.74. The zero-order chi connectivity index (χ0) is 18.7. The topological polar surface area (TPSA) is 54.6 Å².